The van der Waals surface area contributed by atoms with Gasteiger partial charge in [-0.15, -0.1) is 11.3 Å². The molecule has 2 aromatic heterocycles. The number of nitrogens with one attached hydrogen (secondary N) is 1. The lowest BCUT2D eigenvalue weighted by molar-refractivity contribution is -0.110. The number of aromatic nitrogens is 2. The van der Waals surface area contributed by atoms with Crippen LogP contribution in [0.2, 0.25) is 0 Å². The minimum atomic E-state index is 0.201. The van der Waals surface area contributed by atoms with Crippen molar-refractivity contribution in [1.82, 2.24) is 9.97 Å². The maximum absolute atomic E-state index is 11.6. The zero-order valence-electron chi connectivity index (χ0n) is 14.0. The summed E-state index contributed by atoms with van der Waals surface area (Å²) in [5.41, 5.74) is 3.36. The van der Waals surface area contributed by atoms with Crippen LogP contribution in [-0.4, -0.2) is 26.8 Å². The number of nitrogens with zero attached hydrogens (tertiary/aromatic N) is 2. The van der Waals surface area contributed by atoms with E-state index >= 15 is 0 Å². The molecule has 1 unspecified atom stereocenters. The molecule has 0 radical (unpaired) electrons. The van der Waals surface area contributed by atoms with Gasteiger partial charge in [0.05, 0.1) is 5.39 Å². The lowest BCUT2D eigenvalue weighted by Crippen LogP contribution is -2.15. The van der Waals surface area contributed by atoms with Crippen LogP contribution in [-0.2, 0) is 24.1 Å². The number of benzene rings is 1. The predicted octanol–water partition coefficient (Wildman–Crippen LogP) is 3.71. The molecule has 0 saturated heterocycles. The largest absolute Gasteiger partial charge is 0.396 e. The van der Waals surface area contributed by atoms with Crippen molar-refractivity contribution in [2.45, 2.75) is 30.6 Å². The molecule has 0 bridgehead atoms. The Hall–Kier alpha value is -1.96. The second-order valence-corrected chi connectivity index (χ2v) is 8.98. The van der Waals surface area contributed by atoms with Crippen molar-refractivity contribution in [2.24, 2.45) is 5.92 Å². The van der Waals surface area contributed by atoms with E-state index in [1.54, 1.807) is 17.7 Å². The third-order valence-corrected chi connectivity index (χ3v) is 7.23. The van der Waals surface area contributed by atoms with Crippen molar-refractivity contribution in [3.63, 3.8) is 0 Å². The number of rotatable bonds is 3. The topological polar surface area (TPSA) is 75.1 Å². The molecule has 3 aromatic rings. The molecule has 26 heavy (non-hydrogen) atoms. The number of aliphatic hydroxyl groups is 1. The van der Waals surface area contributed by atoms with Crippen molar-refractivity contribution in [3.05, 3.63) is 40.5 Å². The number of aryl methyl sites for hydroxylation is 1. The van der Waals surface area contributed by atoms with Gasteiger partial charge in [-0.3, -0.25) is 4.79 Å². The molecule has 7 heteroatoms. The van der Waals surface area contributed by atoms with E-state index in [2.05, 4.69) is 15.3 Å². The Morgan fingerprint density at radius 1 is 1.31 bits per heavy atom. The molecule has 1 aromatic carbocycles. The van der Waals surface area contributed by atoms with Crippen LogP contribution in [0.1, 0.15) is 22.4 Å². The Morgan fingerprint density at radius 3 is 3.12 bits per heavy atom. The van der Waals surface area contributed by atoms with E-state index in [1.165, 1.54) is 22.2 Å². The minimum absolute atomic E-state index is 0.201. The number of carbonyl (C=O) groups excluding carboxylic acids is 1. The molecule has 0 saturated carbocycles. The predicted molar refractivity (Wildman–Crippen MR) is 104 cm³/mol. The molecule has 1 atom stereocenters. The number of hydrogen-bond donors (Lipinski definition) is 2. The first kappa shape index (κ1) is 16.2. The van der Waals surface area contributed by atoms with E-state index in [0.717, 1.165) is 51.4 Å². The standard InChI is InChI=1S/C19H17N3O2S2/c23-8-10-1-4-13-15(5-10)26-19-17(13)18(20-9-21-19)22-12-3-2-11-6-16(24)25-14(11)7-12/h2-3,7,9-10,23H,1,4-6,8H2,(H,20,21,22). The van der Waals surface area contributed by atoms with Gasteiger partial charge in [0.2, 0.25) is 0 Å². The lowest BCUT2D eigenvalue weighted by Gasteiger charge is -2.20. The quantitative estimate of drug-likeness (QED) is 0.718. The molecule has 3 heterocycles. The molecule has 0 amide bonds. The number of fused-ring (bicyclic) bond motifs is 4. The summed E-state index contributed by atoms with van der Waals surface area (Å²) in [6.07, 6.45) is 4.99. The number of carbonyl (C=O) groups is 1. The van der Waals surface area contributed by atoms with Gasteiger partial charge in [-0.25, -0.2) is 9.97 Å². The fraction of sp³-hybridized carbons (Fsp3) is 0.316. The van der Waals surface area contributed by atoms with E-state index in [9.17, 15) is 9.90 Å². The highest BCUT2D eigenvalue weighted by atomic mass is 32.2. The van der Waals surface area contributed by atoms with E-state index in [0.29, 0.717) is 12.3 Å². The lowest BCUT2D eigenvalue weighted by atomic mass is 9.88. The Kier molecular flexibility index (Phi) is 3.95. The second-order valence-electron chi connectivity index (χ2n) is 6.80. The number of aliphatic hydroxyl groups excluding tert-OH is 1. The summed E-state index contributed by atoms with van der Waals surface area (Å²) in [5.74, 6) is 1.18. The summed E-state index contributed by atoms with van der Waals surface area (Å²) in [6.45, 7) is 0.246. The fourth-order valence-electron chi connectivity index (χ4n) is 3.75. The summed E-state index contributed by atoms with van der Waals surface area (Å²) in [7, 11) is 0. The Labute approximate surface area is 158 Å². The molecule has 0 spiro atoms. The van der Waals surface area contributed by atoms with Gasteiger partial charge >= 0.3 is 0 Å². The van der Waals surface area contributed by atoms with Crippen molar-refractivity contribution < 1.29 is 9.90 Å². The summed E-state index contributed by atoms with van der Waals surface area (Å²) < 4.78 is 0. The van der Waals surface area contributed by atoms with Gasteiger partial charge in [0.1, 0.15) is 17.0 Å². The monoisotopic (exact) mass is 383 g/mol. The highest BCUT2D eigenvalue weighted by molar-refractivity contribution is 8.14. The van der Waals surface area contributed by atoms with Crippen molar-refractivity contribution >= 4 is 49.9 Å². The van der Waals surface area contributed by atoms with Gasteiger partial charge in [0.25, 0.3) is 0 Å². The molecule has 2 N–H and O–H groups in total. The van der Waals surface area contributed by atoms with Crippen LogP contribution in [0.4, 0.5) is 11.5 Å². The van der Waals surface area contributed by atoms with Crippen LogP contribution in [0.5, 0.6) is 0 Å². The zero-order chi connectivity index (χ0) is 17.7. The molecular formula is C19H17N3O2S2. The summed E-state index contributed by atoms with van der Waals surface area (Å²) in [6, 6.07) is 6.05. The molecule has 5 rings (SSSR count). The van der Waals surface area contributed by atoms with Crippen LogP contribution in [0.15, 0.2) is 29.4 Å². The third kappa shape index (κ3) is 2.71. The normalized spacial score (nSPS) is 18.8. The van der Waals surface area contributed by atoms with Crippen LogP contribution < -0.4 is 5.32 Å². The summed E-state index contributed by atoms with van der Waals surface area (Å²) in [5, 5.41) is 14.2. The second kappa shape index (κ2) is 6.33. The van der Waals surface area contributed by atoms with E-state index in [4.69, 9.17) is 0 Å². The van der Waals surface area contributed by atoms with Crippen molar-refractivity contribution in [1.29, 1.82) is 0 Å². The average molecular weight is 383 g/mol. The molecular weight excluding hydrogens is 366 g/mol. The van der Waals surface area contributed by atoms with E-state index in [1.807, 2.05) is 18.2 Å². The molecule has 5 nitrogen and oxygen atoms in total. The molecule has 0 fully saturated rings. The molecule has 1 aliphatic carbocycles. The van der Waals surface area contributed by atoms with Gasteiger partial charge in [0, 0.05) is 28.5 Å². The average Bonchev–Trinajstić information content (AvgIpc) is 3.20. The summed E-state index contributed by atoms with van der Waals surface area (Å²) >= 11 is 3.03. The van der Waals surface area contributed by atoms with E-state index < -0.39 is 0 Å². The van der Waals surface area contributed by atoms with Crippen molar-refractivity contribution in [3.8, 4) is 0 Å². The van der Waals surface area contributed by atoms with Gasteiger partial charge in [0.15, 0.2) is 5.12 Å². The van der Waals surface area contributed by atoms with Crippen LogP contribution >= 0.6 is 23.1 Å². The summed E-state index contributed by atoms with van der Waals surface area (Å²) in [4.78, 5) is 23.9. The van der Waals surface area contributed by atoms with Crippen molar-refractivity contribution in [2.75, 3.05) is 11.9 Å². The number of thiophene rings is 1. The number of thioether (sulfide) groups is 1. The van der Waals surface area contributed by atoms with Gasteiger partial charge in [-0.2, -0.15) is 0 Å². The first-order valence-corrected chi connectivity index (χ1v) is 10.3. The highest BCUT2D eigenvalue weighted by Gasteiger charge is 2.25. The first-order chi connectivity index (χ1) is 12.7. The first-order valence-electron chi connectivity index (χ1n) is 8.68. The Bertz CT molecular complexity index is 1030. The van der Waals surface area contributed by atoms with Crippen LogP contribution in [0.3, 0.4) is 0 Å². The van der Waals surface area contributed by atoms with Crippen LogP contribution in [0, 0.1) is 5.92 Å². The maximum atomic E-state index is 11.6. The SMILES string of the molecule is O=C1Cc2ccc(Nc3ncnc4sc5c(c34)CCC(CO)C5)cc2S1. The van der Waals surface area contributed by atoms with Gasteiger partial charge in [-0.1, -0.05) is 17.8 Å². The smallest absolute Gasteiger partial charge is 0.198 e. The third-order valence-electron chi connectivity index (χ3n) is 5.09. The number of anilines is 2. The van der Waals surface area contributed by atoms with Gasteiger partial charge < -0.3 is 10.4 Å². The highest BCUT2D eigenvalue weighted by Crippen LogP contribution is 2.41. The zero-order valence-corrected chi connectivity index (χ0v) is 15.6. The van der Waals surface area contributed by atoms with Crippen LogP contribution in [0.25, 0.3) is 10.2 Å². The van der Waals surface area contributed by atoms with Gasteiger partial charge in [-0.05, 0) is 48.4 Å². The Morgan fingerprint density at radius 2 is 2.23 bits per heavy atom. The molecule has 2 aliphatic rings. The molecule has 1 aliphatic heterocycles. The Balaban J connectivity index is 1.53. The maximum Gasteiger partial charge on any atom is 0.198 e. The number of hydrogen-bond acceptors (Lipinski definition) is 7. The fourth-order valence-corrected chi connectivity index (χ4v) is 5.99. The minimum Gasteiger partial charge on any atom is -0.396 e. The molecule has 132 valence electrons. The van der Waals surface area contributed by atoms with E-state index in [-0.39, 0.29) is 11.7 Å².